The largest absolute Gasteiger partial charge is 0.382 e. The molecule has 1 aliphatic heterocycles. The fourth-order valence-corrected chi connectivity index (χ4v) is 3.71. The molecule has 1 atom stereocenters. The van der Waals surface area contributed by atoms with Crippen molar-refractivity contribution in [1.82, 2.24) is 0 Å². The van der Waals surface area contributed by atoms with Crippen LogP contribution in [0.3, 0.4) is 0 Å². The average Bonchev–Trinajstić information content (AvgIpc) is 3.27. The molecule has 0 bridgehead atoms. The highest BCUT2D eigenvalue weighted by Crippen LogP contribution is 2.47. The Bertz CT molecular complexity index is 686. The van der Waals surface area contributed by atoms with E-state index in [4.69, 9.17) is 4.74 Å². The van der Waals surface area contributed by atoms with Crippen molar-refractivity contribution < 1.29 is 4.74 Å². The van der Waals surface area contributed by atoms with Crippen molar-refractivity contribution in [2.24, 2.45) is 0 Å². The minimum atomic E-state index is 0.103. The number of epoxide rings is 1. The van der Waals surface area contributed by atoms with Gasteiger partial charge in [-0.25, -0.2) is 0 Å². The fourth-order valence-electron chi connectivity index (χ4n) is 3.71. The van der Waals surface area contributed by atoms with E-state index in [0.29, 0.717) is 12.7 Å². The fraction of sp³-hybridized carbons (Fsp3) is 0.333. The zero-order valence-corrected chi connectivity index (χ0v) is 12.3. The van der Waals surface area contributed by atoms with Gasteiger partial charge in [-0.2, -0.15) is 0 Å². The summed E-state index contributed by atoms with van der Waals surface area (Å²) in [5.74, 6) is 0. The molecule has 0 N–H and O–H groups in total. The highest BCUT2D eigenvalue weighted by atomic mass is 16.6. The molecule has 1 unspecified atom stereocenters. The zero-order valence-electron chi connectivity index (χ0n) is 12.3. The molecule has 4 rings (SSSR count). The van der Waals surface area contributed by atoms with Gasteiger partial charge in [0, 0.05) is 5.41 Å². The van der Waals surface area contributed by atoms with Gasteiger partial charge < -0.3 is 4.74 Å². The molecule has 2 aromatic rings. The van der Waals surface area contributed by atoms with Crippen LogP contribution in [0.25, 0.3) is 11.1 Å². The Morgan fingerprint density at radius 2 is 1.75 bits per heavy atom. The van der Waals surface area contributed by atoms with Gasteiger partial charge in [-0.3, -0.25) is 0 Å². The summed E-state index contributed by atoms with van der Waals surface area (Å²) in [6.45, 7) is 8.35. The monoisotopic (exact) mass is 262 g/mol. The van der Waals surface area contributed by atoms with E-state index in [0.717, 1.165) is 6.61 Å². The summed E-state index contributed by atoms with van der Waals surface area (Å²) >= 11 is 0. The summed E-state index contributed by atoms with van der Waals surface area (Å²) < 4.78 is 5.52. The molecule has 0 radical (unpaired) electrons. The highest BCUT2D eigenvalue weighted by Gasteiger charge is 2.40. The van der Waals surface area contributed by atoms with Gasteiger partial charge in [0.05, 0.1) is 12.6 Å². The Hall–Kier alpha value is -1.54. The molecule has 20 heavy (non-hydrogen) atoms. The lowest BCUT2D eigenvalue weighted by atomic mass is 9.43. The van der Waals surface area contributed by atoms with Gasteiger partial charge in [0.25, 0.3) is 0 Å². The molecule has 2 heteroatoms. The third-order valence-corrected chi connectivity index (χ3v) is 5.05. The number of benzene rings is 2. The molecule has 0 aromatic heterocycles. The van der Waals surface area contributed by atoms with Crippen LogP contribution >= 0.6 is 0 Å². The van der Waals surface area contributed by atoms with Crippen molar-refractivity contribution in [3.05, 3.63) is 53.6 Å². The highest BCUT2D eigenvalue weighted by molar-refractivity contribution is 6.75. The van der Waals surface area contributed by atoms with Crippen molar-refractivity contribution in [2.75, 3.05) is 6.61 Å². The van der Waals surface area contributed by atoms with Gasteiger partial charge in [0.15, 0.2) is 0 Å². The molecule has 2 aromatic carbocycles. The molecule has 0 spiro atoms. The van der Waals surface area contributed by atoms with Crippen LogP contribution in [0.4, 0.5) is 0 Å². The second kappa shape index (κ2) is 3.99. The van der Waals surface area contributed by atoms with Crippen molar-refractivity contribution in [3.8, 4) is 11.1 Å². The minimum absolute atomic E-state index is 0.103. The summed E-state index contributed by atoms with van der Waals surface area (Å²) in [6.07, 6.45) is 0. The van der Waals surface area contributed by atoms with E-state index in [1.54, 1.807) is 0 Å². The van der Waals surface area contributed by atoms with E-state index in [-0.39, 0.29) is 5.41 Å². The molecule has 2 aliphatic rings. The first-order chi connectivity index (χ1) is 9.60. The molecule has 1 heterocycles. The van der Waals surface area contributed by atoms with Crippen LogP contribution in [0.5, 0.6) is 0 Å². The van der Waals surface area contributed by atoms with Gasteiger partial charge >= 0.3 is 0 Å². The second-order valence-electron chi connectivity index (χ2n) is 6.60. The molecular weight excluding hydrogens is 243 g/mol. The maximum absolute atomic E-state index is 5.52. The third kappa shape index (κ3) is 1.55. The Morgan fingerprint density at radius 1 is 1.05 bits per heavy atom. The van der Waals surface area contributed by atoms with Gasteiger partial charge in [0.2, 0.25) is 6.71 Å². The van der Waals surface area contributed by atoms with Crippen LogP contribution in [0.15, 0.2) is 42.5 Å². The average molecular weight is 262 g/mol. The van der Waals surface area contributed by atoms with E-state index in [1.165, 1.54) is 27.7 Å². The van der Waals surface area contributed by atoms with E-state index in [2.05, 4.69) is 63.1 Å². The zero-order chi connectivity index (χ0) is 13.9. The maximum Gasteiger partial charge on any atom is 0.210 e. The molecule has 1 fully saturated rings. The molecule has 1 nitrogen and oxygen atoms in total. The first-order valence-electron chi connectivity index (χ1n) is 7.45. The van der Waals surface area contributed by atoms with Crippen molar-refractivity contribution >= 4 is 12.2 Å². The van der Waals surface area contributed by atoms with Crippen LogP contribution in [-0.4, -0.2) is 19.3 Å². The standard InChI is InChI=1S/C18H19BO/c1-18(2)13-8-5-4-7-12(13)17-14(18)9-6-10-15(17)19(3)16-11-20-16/h4-10,16H,11H2,1-3H3. The molecule has 0 amide bonds. The topological polar surface area (TPSA) is 12.5 Å². The SMILES string of the molecule is CB(c1cccc2c1-c1ccccc1C2(C)C)C1CO1. The second-order valence-corrected chi connectivity index (χ2v) is 6.60. The van der Waals surface area contributed by atoms with Crippen LogP contribution < -0.4 is 5.46 Å². The Labute approximate surface area is 121 Å². The lowest BCUT2D eigenvalue weighted by Gasteiger charge is -2.22. The van der Waals surface area contributed by atoms with Crippen LogP contribution in [-0.2, 0) is 10.2 Å². The first-order valence-corrected chi connectivity index (χ1v) is 7.45. The summed E-state index contributed by atoms with van der Waals surface area (Å²) in [5, 5.41) is 0. The quantitative estimate of drug-likeness (QED) is 0.597. The molecule has 0 saturated carbocycles. The lowest BCUT2D eigenvalue weighted by molar-refractivity contribution is 0.453. The van der Waals surface area contributed by atoms with Gasteiger partial charge in [-0.05, 0) is 22.3 Å². The molecule has 1 saturated heterocycles. The Balaban J connectivity index is 1.99. The summed E-state index contributed by atoms with van der Waals surface area (Å²) in [5.41, 5.74) is 7.33. The molecular formula is C18H19BO. The maximum atomic E-state index is 5.52. The van der Waals surface area contributed by atoms with Gasteiger partial charge in [-0.15, -0.1) is 0 Å². The lowest BCUT2D eigenvalue weighted by Crippen LogP contribution is -2.34. The number of hydrogen-bond donors (Lipinski definition) is 0. The van der Waals surface area contributed by atoms with E-state index in [1.807, 2.05) is 0 Å². The number of ether oxygens (including phenoxy) is 1. The Morgan fingerprint density at radius 3 is 2.50 bits per heavy atom. The van der Waals surface area contributed by atoms with Gasteiger partial charge in [-0.1, -0.05) is 68.6 Å². The Kier molecular flexibility index (Phi) is 2.44. The van der Waals surface area contributed by atoms with E-state index in [9.17, 15) is 0 Å². The predicted molar refractivity (Wildman–Crippen MR) is 85.0 cm³/mol. The number of hydrogen-bond acceptors (Lipinski definition) is 1. The van der Waals surface area contributed by atoms with Gasteiger partial charge in [0.1, 0.15) is 0 Å². The van der Waals surface area contributed by atoms with Crippen molar-refractivity contribution in [1.29, 1.82) is 0 Å². The van der Waals surface area contributed by atoms with E-state index < -0.39 is 0 Å². The minimum Gasteiger partial charge on any atom is -0.382 e. The van der Waals surface area contributed by atoms with Crippen molar-refractivity contribution in [2.45, 2.75) is 32.1 Å². The van der Waals surface area contributed by atoms with Crippen LogP contribution in [0, 0.1) is 0 Å². The first kappa shape index (κ1) is 12.2. The van der Waals surface area contributed by atoms with Crippen molar-refractivity contribution in [3.63, 3.8) is 0 Å². The smallest absolute Gasteiger partial charge is 0.210 e. The summed E-state index contributed by atoms with van der Waals surface area (Å²) in [4.78, 5) is 0. The number of fused-ring (bicyclic) bond motifs is 3. The molecule has 100 valence electrons. The van der Waals surface area contributed by atoms with E-state index >= 15 is 0 Å². The predicted octanol–water partition coefficient (Wildman–Crippen LogP) is 3.26. The molecule has 1 aliphatic carbocycles. The van der Waals surface area contributed by atoms with Crippen LogP contribution in [0.2, 0.25) is 6.82 Å². The number of rotatable bonds is 2. The normalized spacial score (nSPS) is 21.2. The summed E-state index contributed by atoms with van der Waals surface area (Å²) in [7, 11) is 0. The van der Waals surface area contributed by atoms with Crippen LogP contribution in [0.1, 0.15) is 25.0 Å². The summed E-state index contributed by atoms with van der Waals surface area (Å²) in [6, 6.07) is 16.0. The third-order valence-electron chi connectivity index (χ3n) is 5.05.